The largest absolute Gasteiger partial charge is 0.385 e. The Hall–Kier alpha value is -0.680. The van der Waals surface area contributed by atoms with Crippen LogP contribution in [-0.2, 0) is 5.60 Å². The van der Waals surface area contributed by atoms with Gasteiger partial charge in [0, 0.05) is 22.1 Å². The van der Waals surface area contributed by atoms with Gasteiger partial charge >= 0.3 is 0 Å². The van der Waals surface area contributed by atoms with Crippen LogP contribution in [0.3, 0.4) is 0 Å². The smallest absolute Gasteiger partial charge is 0.165 e. The van der Waals surface area contributed by atoms with Crippen LogP contribution in [0.1, 0.15) is 37.7 Å². The SMILES string of the molecule is OC1(c2cc(F)cc(F)c2F)CC2CCCC(C1)S2. The van der Waals surface area contributed by atoms with Crippen molar-refractivity contribution in [3.63, 3.8) is 0 Å². The standard InChI is InChI=1S/C14H15F3OS/c15-8-4-11(13(17)12(16)5-8)14(18)6-9-2-1-3-10(7-14)19-9/h4-5,9-10,18H,1-3,6-7H2. The molecule has 2 saturated heterocycles. The lowest BCUT2D eigenvalue weighted by Gasteiger charge is -2.44. The van der Waals surface area contributed by atoms with Gasteiger partial charge in [0.2, 0.25) is 0 Å². The number of hydrogen-bond acceptors (Lipinski definition) is 2. The highest BCUT2D eigenvalue weighted by Gasteiger charge is 2.44. The number of fused-ring (bicyclic) bond motifs is 2. The Balaban J connectivity index is 2.00. The van der Waals surface area contributed by atoms with Crippen LogP contribution in [0.2, 0.25) is 0 Å². The zero-order valence-corrected chi connectivity index (χ0v) is 11.2. The predicted molar refractivity (Wildman–Crippen MR) is 68.5 cm³/mol. The van der Waals surface area contributed by atoms with Gasteiger partial charge in [-0.15, -0.1) is 0 Å². The van der Waals surface area contributed by atoms with E-state index in [1.165, 1.54) is 0 Å². The maximum Gasteiger partial charge on any atom is 0.165 e. The van der Waals surface area contributed by atoms with Crippen molar-refractivity contribution in [1.82, 2.24) is 0 Å². The topological polar surface area (TPSA) is 20.2 Å². The molecule has 0 radical (unpaired) electrons. The zero-order valence-electron chi connectivity index (χ0n) is 10.3. The van der Waals surface area contributed by atoms with Gasteiger partial charge in [-0.3, -0.25) is 0 Å². The molecule has 1 aromatic carbocycles. The van der Waals surface area contributed by atoms with Gasteiger partial charge in [0.1, 0.15) is 5.82 Å². The van der Waals surface area contributed by atoms with Crippen molar-refractivity contribution in [3.8, 4) is 0 Å². The maximum absolute atomic E-state index is 13.9. The minimum atomic E-state index is -1.44. The quantitative estimate of drug-likeness (QED) is 0.794. The molecule has 0 aliphatic carbocycles. The van der Waals surface area contributed by atoms with Gasteiger partial charge in [0.25, 0.3) is 0 Å². The van der Waals surface area contributed by atoms with E-state index < -0.39 is 23.1 Å². The lowest BCUT2D eigenvalue weighted by atomic mass is 9.80. The number of hydrogen-bond donors (Lipinski definition) is 1. The highest BCUT2D eigenvalue weighted by molar-refractivity contribution is 8.00. The summed E-state index contributed by atoms with van der Waals surface area (Å²) >= 11 is 1.81. The molecule has 2 aliphatic heterocycles. The summed E-state index contributed by atoms with van der Waals surface area (Å²) in [5.74, 6) is -3.19. The molecule has 5 heteroatoms. The van der Waals surface area contributed by atoms with Gasteiger partial charge in [-0.05, 0) is 31.7 Å². The lowest BCUT2D eigenvalue weighted by molar-refractivity contribution is 0.00402. The fourth-order valence-electron chi connectivity index (χ4n) is 3.23. The summed E-state index contributed by atoms with van der Waals surface area (Å²) in [6.07, 6.45) is 3.80. The van der Waals surface area contributed by atoms with Crippen LogP contribution in [0.25, 0.3) is 0 Å². The Morgan fingerprint density at radius 1 is 1.11 bits per heavy atom. The van der Waals surface area contributed by atoms with Crippen molar-refractivity contribution in [1.29, 1.82) is 0 Å². The second-order valence-corrected chi connectivity index (χ2v) is 7.11. The van der Waals surface area contributed by atoms with Crippen molar-refractivity contribution in [2.24, 2.45) is 0 Å². The van der Waals surface area contributed by atoms with E-state index in [0.29, 0.717) is 18.9 Å². The van der Waals surface area contributed by atoms with Crippen molar-refractivity contribution >= 4 is 11.8 Å². The molecular formula is C14H15F3OS. The Morgan fingerprint density at radius 3 is 2.37 bits per heavy atom. The summed E-state index contributed by atoms with van der Waals surface area (Å²) in [7, 11) is 0. The van der Waals surface area contributed by atoms with E-state index in [9.17, 15) is 18.3 Å². The second kappa shape index (κ2) is 4.70. The molecule has 2 heterocycles. The summed E-state index contributed by atoms with van der Waals surface area (Å²) in [5.41, 5.74) is -1.66. The molecule has 2 fully saturated rings. The molecule has 0 saturated carbocycles. The molecule has 0 aromatic heterocycles. The summed E-state index contributed by atoms with van der Waals surface area (Å²) in [6, 6.07) is 1.45. The lowest BCUT2D eigenvalue weighted by Crippen LogP contribution is -2.41. The van der Waals surface area contributed by atoms with E-state index in [1.807, 2.05) is 11.8 Å². The van der Waals surface area contributed by atoms with Crippen LogP contribution >= 0.6 is 11.8 Å². The molecule has 104 valence electrons. The first-order valence-corrected chi connectivity index (χ1v) is 7.45. The van der Waals surface area contributed by atoms with Gasteiger partial charge in [-0.2, -0.15) is 11.8 Å². The Bertz CT molecular complexity index is 494. The predicted octanol–water partition coefficient (Wildman–Crippen LogP) is 3.74. The molecule has 1 N–H and O–H groups in total. The summed E-state index contributed by atoms with van der Waals surface area (Å²) in [4.78, 5) is 0. The molecule has 0 amide bonds. The fourth-order valence-corrected chi connectivity index (χ4v) is 5.13. The third-order valence-corrected chi connectivity index (χ3v) is 5.64. The first-order chi connectivity index (χ1) is 8.98. The number of rotatable bonds is 1. The first kappa shape index (κ1) is 13.3. The van der Waals surface area contributed by atoms with Crippen molar-refractivity contribution in [2.75, 3.05) is 0 Å². The van der Waals surface area contributed by atoms with Crippen LogP contribution in [0, 0.1) is 17.5 Å². The van der Waals surface area contributed by atoms with Crippen molar-refractivity contribution in [3.05, 3.63) is 35.1 Å². The minimum absolute atomic E-state index is 0.220. The summed E-state index contributed by atoms with van der Waals surface area (Å²) in [6.45, 7) is 0. The summed E-state index contributed by atoms with van der Waals surface area (Å²) < 4.78 is 40.5. The summed E-state index contributed by atoms with van der Waals surface area (Å²) in [5, 5.41) is 11.2. The van der Waals surface area contributed by atoms with E-state index in [4.69, 9.17) is 0 Å². The Morgan fingerprint density at radius 2 is 1.74 bits per heavy atom. The van der Waals surface area contributed by atoms with E-state index in [1.54, 1.807) is 0 Å². The molecule has 2 aliphatic rings. The maximum atomic E-state index is 13.9. The molecule has 2 unspecified atom stereocenters. The molecule has 0 spiro atoms. The van der Waals surface area contributed by atoms with Gasteiger partial charge in [-0.1, -0.05) is 6.42 Å². The highest BCUT2D eigenvalue weighted by Crippen LogP contribution is 2.50. The third-order valence-electron chi connectivity index (χ3n) is 4.06. The van der Waals surface area contributed by atoms with Gasteiger partial charge in [0.05, 0.1) is 5.60 Å². The average molecular weight is 288 g/mol. The van der Waals surface area contributed by atoms with E-state index in [2.05, 4.69) is 0 Å². The third kappa shape index (κ3) is 2.38. The monoisotopic (exact) mass is 288 g/mol. The zero-order chi connectivity index (χ0) is 13.6. The minimum Gasteiger partial charge on any atom is -0.385 e. The van der Waals surface area contributed by atoms with Crippen molar-refractivity contribution in [2.45, 2.75) is 48.2 Å². The van der Waals surface area contributed by atoms with Crippen molar-refractivity contribution < 1.29 is 18.3 Å². The Kier molecular flexibility index (Phi) is 3.29. The van der Waals surface area contributed by atoms with Gasteiger partial charge < -0.3 is 5.11 Å². The second-order valence-electron chi connectivity index (χ2n) is 5.50. The molecule has 3 rings (SSSR count). The Labute approximate surface area is 114 Å². The molecule has 2 atom stereocenters. The number of aliphatic hydroxyl groups is 1. The van der Waals surface area contributed by atoms with Crippen LogP contribution in [0.4, 0.5) is 13.2 Å². The highest BCUT2D eigenvalue weighted by atomic mass is 32.2. The van der Waals surface area contributed by atoms with E-state index in [-0.39, 0.29) is 16.1 Å². The average Bonchev–Trinajstić information content (AvgIpc) is 2.33. The van der Waals surface area contributed by atoms with E-state index in [0.717, 1.165) is 25.3 Å². The first-order valence-electron chi connectivity index (χ1n) is 6.51. The van der Waals surface area contributed by atoms with Crippen LogP contribution < -0.4 is 0 Å². The van der Waals surface area contributed by atoms with Crippen LogP contribution in [-0.4, -0.2) is 15.6 Å². The van der Waals surface area contributed by atoms with Crippen LogP contribution in [0.5, 0.6) is 0 Å². The molecule has 2 bridgehead atoms. The molecule has 1 nitrogen and oxygen atoms in total. The van der Waals surface area contributed by atoms with Gasteiger partial charge in [0.15, 0.2) is 11.6 Å². The van der Waals surface area contributed by atoms with Gasteiger partial charge in [-0.25, -0.2) is 13.2 Å². The molecule has 19 heavy (non-hydrogen) atoms. The number of halogens is 3. The number of benzene rings is 1. The molecular weight excluding hydrogens is 273 g/mol. The fraction of sp³-hybridized carbons (Fsp3) is 0.571. The van der Waals surface area contributed by atoms with E-state index >= 15 is 0 Å². The molecule has 1 aromatic rings. The normalized spacial score (nSPS) is 34.3. The number of thioether (sulfide) groups is 1. The van der Waals surface area contributed by atoms with Crippen LogP contribution in [0.15, 0.2) is 12.1 Å².